The van der Waals surface area contributed by atoms with Gasteiger partial charge in [-0.25, -0.2) is 0 Å². The first kappa shape index (κ1) is 18.5. The lowest BCUT2D eigenvalue weighted by atomic mass is 9.59. The zero-order valence-electron chi connectivity index (χ0n) is 14.0. The SMILES string of the molecule is CC(=O)OC1C=C(C)[C@H](CBr)O[C@@]2(C)CC[C@H](Br)C(C)(C)C12. The van der Waals surface area contributed by atoms with Gasteiger partial charge >= 0.3 is 5.97 Å². The highest BCUT2D eigenvalue weighted by molar-refractivity contribution is 9.09. The van der Waals surface area contributed by atoms with Gasteiger partial charge in [-0.2, -0.15) is 0 Å². The second-order valence-electron chi connectivity index (χ2n) is 7.36. The first-order valence-electron chi connectivity index (χ1n) is 7.85. The van der Waals surface area contributed by atoms with E-state index < -0.39 is 0 Å². The minimum absolute atomic E-state index is 0.0238. The van der Waals surface area contributed by atoms with Crippen LogP contribution in [0.3, 0.4) is 0 Å². The third-order valence-electron chi connectivity index (χ3n) is 5.28. The number of carbonyl (C=O) groups excluding carboxylic acids is 1. The van der Waals surface area contributed by atoms with Crippen LogP contribution in [0.25, 0.3) is 0 Å². The molecule has 3 nitrogen and oxygen atoms in total. The quantitative estimate of drug-likeness (QED) is 0.359. The van der Waals surface area contributed by atoms with Crippen molar-refractivity contribution >= 4 is 37.8 Å². The molecule has 1 saturated carbocycles. The lowest BCUT2D eigenvalue weighted by Crippen LogP contribution is -2.58. The molecule has 2 unspecified atom stereocenters. The predicted octanol–water partition coefficient (Wildman–Crippen LogP) is 4.62. The van der Waals surface area contributed by atoms with Crippen LogP contribution in [0.1, 0.15) is 47.5 Å². The third-order valence-corrected chi connectivity index (χ3v) is 7.50. The molecule has 0 aromatic rings. The Labute approximate surface area is 150 Å². The maximum Gasteiger partial charge on any atom is 0.303 e. The van der Waals surface area contributed by atoms with Gasteiger partial charge < -0.3 is 9.47 Å². The summed E-state index contributed by atoms with van der Waals surface area (Å²) >= 11 is 7.39. The van der Waals surface area contributed by atoms with Crippen molar-refractivity contribution < 1.29 is 14.3 Å². The summed E-state index contributed by atoms with van der Waals surface area (Å²) in [6.45, 7) is 10.2. The van der Waals surface area contributed by atoms with Crippen LogP contribution in [-0.4, -0.2) is 33.9 Å². The van der Waals surface area contributed by atoms with Gasteiger partial charge in [-0.05, 0) is 43.8 Å². The molecule has 1 aliphatic heterocycles. The van der Waals surface area contributed by atoms with E-state index in [1.54, 1.807) is 0 Å². The van der Waals surface area contributed by atoms with Gasteiger partial charge in [-0.15, -0.1) is 0 Å². The van der Waals surface area contributed by atoms with Crippen molar-refractivity contribution in [3.05, 3.63) is 11.6 Å². The summed E-state index contributed by atoms with van der Waals surface area (Å²) in [6, 6.07) is 0. The van der Waals surface area contributed by atoms with E-state index in [9.17, 15) is 4.79 Å². The van der Waals surface area contributed by atoms with E-state index in [0.29, 0.717) is 4.83 Å². The van der Waals surface area contributed by atoms with E-state index in [-0.39, 0.29) is 35.1 Å². The van der Waals surface area contributed by atoms with Gasteiger partial charge in [0.2, 0.25) is 0 Å². The van der Waals surface area contributed by atoms with Crippen molar-refractivity contribution in [3.8, 4) is 0 Å². The van der Waals surface area contributed by atoms with E-state index in [0.717, 1.165) is 23.7 Å². The molecule has 0 spiro atoms. The zero-order valence-corrected chi connectivity index (χ0v) is 17.2. The Morgan fingerprint density at radius 2 is 2.09 bits per heavy atom. The van der Waals surface area contributed by atoms with Crippen molar-refractivity contribution in [2.24, 2.45) is 11.3 Å². The number of hydrogen-bond acceptors (Lipinski definition) is 3. The summed E-state index contributed by atoms with van der Waals surface area (Å²) in [6.07, 6.45) is 3.88. The molecule has 0 bridgehead atoms. The first-order chi connectivity index (χ1) is 10.1. The molecule has 1 heterocycles. The van der Waals surface area contributed by atoms with E-state index in [1.807, 2.05) is 0 Å². The van der Waals surface area contributed by atoms with Crippen LogP contribution >= 0.6 is 31.9 Å². The van der Waals surface area contributed by atoms with Crippen LogP contribution in [0, 0.1) is 11.3 Å². The van der Waals surface area contributed by atoms with Gasteiger partial charge in [-0.3, -0.25) is 4.79 Å². The molecule has 0 aromatic heterocycles. The number of rotatable bonds is 2. The fraction of sp³-hybridized carbons (Fsp3) is 0.824. The minimum Gasteiger partial charge on any atom is -0.458 e. The smallest absolute Gasteiger partial charge is 0.303 e. The average Bonchev–Trinajstić information content (AvgIpc) is 2.49. The third kappa shape index (κ3) is 3.32. The van der Waals surface area contributed by atoms with Crippen LogP contribution in [0.2, 0.25) is 0 Å². The number of carbonyl (C=O) groups is 1. The van der Waals surface area contributed by atoms with Gasteiger partial charge in [0, 0.05) is 23.0 Å². The van der Waals surface area contributed by atoms with Gasteiger partial charge in [0.15, 0.2) is 0 Å². The summed E-state index contributed by atoms with van der Waals surface area (Å²) < 4.78 is 12.3. The second-order valence-corrected chi connectivity index (χ2v) is 9.12. The Bertz CT molecular complexity index is 475. The number of halogens is 2. The summed E-state index contributed by atoms with van der Waals surface area (Å²) in [5.41, 5.74) is 0.784. The lowest BCUT2D eigenvalue weighted by molar-refractivity contribution is -0.181. The van der Waals surface area contributed by atoms with Crippen LogP contribution < -0.4 is 0 Å². The van der Waals surface area contributed by atoms with Gasteiger partial charge in [0.25, 0.3) is 0 Å². The van der Waals surface area contributed by atoms with E-state index >= 15 is 0 Å². The standard InChI is InChI=1S/C17H26Br2O3/c1-10-8-12(21-11(2)20)15-16(3,4)14(19)6-7-17(15,5)22-13(10)9-18/h8,12-15H,6-7,9H2,1-5H3/t12?,13-,14-,15?,17-/m0/s1. The van der Waals surface area contributed by atoms with E-state index in [1.165, 1.54) is 6.92 Å². The molecule has 0 saturated heterocycles. The molecule has 5 heteroatoms. The van der Waals surface area contributed by atoms with Crippen LogP contribution in [-0.2, 0) is 14.3 Å². The topological polar surface area (TPSA) is 35.5 Å². The molecule has 2 rings (SSSR count). The summed E-state index contributed by atoms with van der Waals surface area (Å²) in [4.78, 5) is 12.0. The Hall–Kier alpha value is 0.130. The van der Waals surface area contributed by atoms with Crippen LogP contribution in [0.15, 0.2) is 11.6 Å². The normalized spacial score (nSPS) is 41.1. The first-order valence-corrected chi connectivity index (χ1v) is 9.89. The largest absolute Gasteiger partial charge is 0.458 e. The second kappa shape index (κ2) is 6.56. The summed E-state index contributed by atoms with van der Waals surface area (Å²) in [7, 11) is 0. The molecule has 0 N–H and O–H groups in total. The number of ether oxygens (including phenoxy) is 2. The van der Waals surface area contributed by atoms with Crippen LogP contribution in [0.4, 0.5) is 0 Å². The number of alkyl halides is 2. The highest BCUT2D eigenvalue weighted by atomic mass is 79.9. The Balaban J connectivity index is 2.51. The Morgan fingerprint density at radius 1 is 1.45 bits per heavy atom. The van der Waals surface area contributed by atoms with Gasteiger partial charge in [0.05, 0.1) is 11.7 Å². The van der Waals surface area contributed by atoms with Crippen molar-refractivity contribution in [3.63, 3.8) is 0 Å². The molecule has 0 radical (unpaired) electrons. The van der Waals surface area contributed by atoms with Gasteiger partial charge in [-0.1, -0.05) is 45.7 Å². The molecule has 1 aliphatic carbocycles. The zero-order chi connectivity index (χ0) is 16.7. The molecule has 0 amide bonds. The fourth-order valence-electron chi connectivity index (χ4n) is 4.15. The van der Waals surface area contributed by atoms with Crippen molar-refractivity contribution in [1.82, 2.24) is 0 Å². The molecule has 2 aliphatic rings. The van der Waals surface area contributed by atoms with Crippen molar-refractivity contribution in [2.45, 2.75) is 70.1 Å². The molecule has 5 atom stereocenters. The predicted molar refractivity (Wildman–Crippen MR) is 95.6 cm³/mol. The monoisotopic (exact) mass is 436 g/mol. The molecular weight excluding hydrogens is 412 g/mol. The summed E-state index contributed by atoms with van der Waals surface area (Å²) in [5.74, 6) is -0.123. The van der Waals surface area contributed by atoms with E-state index in [4.69, 9.17) is 9.47 Å². The lowest BCUT2D eigenvalue weighted by Gasteiger charge is -2.54. The van der Waals surface area contributed by atoms with Crippen molar-refractivity contribution in [2.75, 3.05) is 5.33 Å². The molecule has 1 fully saturated rings. The van der Waals surface area contributed by atoms with Crippen molar-refractivity contribution in [1.29, 1.82) is 0 Å². The average molecular weight is 438 g/mol. The number of esters is 1. The Morgan fingerprint density at radius 3 is 2.64 bits per heavy atom. The Kier molecular flexibility index (Phi) is 5.51. The van der Waals surface area contributed by atoms with Crippen LogP contribution in [0.5, 0.6) is 0 Å². The molecule has 22 heavy (non-hydrogen) atoms. The minimum atomic E-state index is -0.305. The number of fused-ring (bicyclic) bond motifs is 1. The highest BCUT2D eigenvalue weighted by Crippen LogP contribution is 2.54. The maximum atomic E-state index is 11.6. The summed E-state index contributed by atoms with van der Waals surface area (Å²) in [5, 5.41) is 0.753. The van der Waals surface area contributed by atoms with E-state index in [2.05, 4.69) is 65.6 Å². The highest BCUT2D eigenvalue weighted by Gasteiger charge is 2.56. The fourth-order valence-corrected chi connectivity index (χ4v) is 5.31. The molecule has 126 valence electrons. The number of hydrogen-bond donors (Lipinski definition) is 0. The van der Waals surface area contributed by atoms with Gasteiger partial charge in [0.1, 0.15) is 6.10 Å². The maximum absolute atomic E-state index is 11.6. The molecular formula is C17H26Br2O3. The molecule has 0 aromatic carbocycles.